The Morgan fingerprint density at radius 1 is 1.14 bits per heavy atom. The first-order valence-corrected chi connectivity index (χ1v) is 8.41. The maximum Gasteiger partial charge on any atom is 0.343 e. The molecule has 29 heavy (non-hydrogen) atoms. The van der Waals surface area contributed by atoms with Gasteiger partial charge in [0.25, 0.3) is 5.69 Å². The lowest BCUT2D eigenvalue weighted by Crippen LogP contribution is -2.09. The molecule has 3 rings (SSSR count). The number of hydrogen-bond donors (Lipinski definition) is 1. The van der Waals surface area contributed by atoms with Crippen molar-refractivity contribution in [2.45, 2.75) is 0 Å². The van der Waals surface area contributed by atoms with Crippen molar-refractivity contribution in [1.82, 2.24) is 4.98 Å². The van der Waals surface area contributed by atoms with E-state index >= 15 is 0 Å². The number of anilines is 1. The van der Waals surface area contributed by atoms with Gasteiger partial charge >= 0.3 is 5.97 Å². The van der Waals surface area contributed by atoms with Gasteiger partial charge in [0.15, 0.2) is 11.5 Å². The Labute approximate surface area is 165 Å². The summed E-state index contributed by atoms with van der Waals surface area (Å²) in [6.45, 7) is 0. The Bertz CT molecular complexity index is 1050. The van der Waals surface area contributed by atoms with E-state index in [9.17, 15) is 14.9 Å². The molecule has 1 heterocycles. The van der Waals surface area contributed by atoms with Crippen LogP contribution in [0.3, 0.4) is 0 Å². The molecule has 0 aliphatic carbocycles. The first-order chi connectivity index (χ1) is 14.1. The van der Waals surface area contributed by atoms with Crippen LogP contribution in [0.25, 0.3) is 0 Å². The largest absolute Gasteiger partial charge is 0.493 e. The maximum atomic E-state index is 12.3. The summed E-state index contributed by atoms with van der Waals surface area (Å²) in [7, 11) is 1.44. The lowest BCUT2D eigenvalue weighted by molar-refractivity contribution is -0.384. The Morgan fingerprint density at radius 3 is 2.72 bits per heavy atom. The van der Waals surface area contributed by atoms with Crippen molar-refractivity contribution >= 4 is 23.7 Å². The molecule has 0 amide bonds. The van der Waals surface area contributed by atoms with Gasteiger partial charge in [-0.25, -0.2) is 9.78 Å². The fourth-order valence-electron chi connectivity index (χ4n) is 2.36. The Balaban J connectivity index is 1.72. The number of hydrazone groups is 1. The zero-order valence-electron chi connectivity index (χ0n) is 15.3. The van der Waals surface area contributed by atoms with Crippen LogP contribution in [0.4, 0.5) is 11.5 Å². The number of pyridine rings is 1. The number of carbonyl (C=O) groups excluding carboxylic acids is 1. The zero-order valence-corrected chi connectivity index (χ0v) is 15.3. The van der Waals surface area contributed by atoms with Crippen molar-refractivity contribution < 1.29 is 19.2 Å². The third kappa shape index (κ3) is 5.13. The summed E-state index contributed by atoms with van der Waals surface area (Å²) in [4.78, 5) is 26.7. The third-order valence-corrected chi connectivity index (χ3v) is 3.74. The molecule has 0 aliphatic heterocycles. The Hall–Kier alpha value is -4.27. The van der Waals surface area contributed by atoms with Crippen molar-refractivity contribution in [2.24, 2.45) is 5.10 Å². The summed E-state index contributed by atoms with van der Waals surface area (Å²) in [6, 6.07) is 15.6. The number of benzene rings is 2. The van der Waals surface area contributed by atoms with E-state index in [2.05, 4.69) is 15.5 Å². The highest BCUT2D eigenvalue weighted by Gasteiger charge is 2.15. The van der Waals surface area contributed by atoms with Crippen LogP contribution in [0.5, 0.6) is 11.5 Å². The summed E-state index contributed by atoms with van der Waals surface area (Å²) >= 11 is 0. The number of nitrogens with zero attached hydrogens (tertiary/aromatic N) is 3. The van der Waals surface area contributed by atoms with Gasteiger partial charge in [-0.3, -0.25) is 15.5 Å². The molecule has 3 aromatic rings. The Morgan fingerprint density at radius 2 is 2.00 bits per heavy atom. The van der Waals surface area contributed by atoms with Crippen molar-refractivity contribution in [3.05, 3.63) is 88.1 Å². The number of carbonyl (C=O) groups is 1. The number of nitro groups is 1. The fraction of sp³-hybridized carbons (Fsp3) is 0.0500. The van der Waals surface area contributed by atoms with Gasteiger partial charge in [-0.05, 0) is 42.0 Å². The number of hydrogen-bond acceptors (Lipinski definition) is 8. The van der Waals surface area contributed by atoms with Crippen LogP contribution in [0.2, 0.25) is 0 Å². The number of nitrogens with one attached hydrogen (secondary N) is 1. The molecule has 0 bridgehead atoms. The number of aromatic nitrogens is 1. The van der Waals surface area contributed by atoms with Gasteiger partial charge in [-0.1, -0.05) is 12.1 Å². The summed E-state index contributed by atoms with van der Waals surface area (Å²) < 4.78 is 10.6. The number of methoxy groups -OCH3 is 1. The number of ether oxygens (including phenoxy) is 2. The first kappa shape index (κ1) is 19.5. The molecule has 0 saturated carbocycles. The van der Waals surface area contributed by atoms with Gasteiger partial charge in [0, 0.05) is 18.3 Å². The van der Waals surface area contributed by atoms with Gasteiger partial charge in [0.1, 0.15) is 5.82 Å². The molecule has 0 radical (unpaired) electrons. The molecule has 0 fully saturated rings. The predicted octanol–water partition coefficient (Wildman–Crippen LogP) is 3.66. The molecular weight excluding hydrogens is 376 g/mol. The second-order valence-electron chi connectivity index (χ2n) is 5.69. The normalized spacial score (nSPS) is 10.5. The summed E-state index contributed by atoms with van der Waals surface area (Å²) in [5.41, 5.74) is 3.35. The SMILES string of the molecule is COc1cc(C=NNc2ccccn2)ccc1OC(=O)c1cccc([N+](=O)[O-])c1. The Kier molecular flexibility index (Phi) is 6.11. The minimum Gasteiger partial charge on any atom is -0.493 e. The minimum atomic E-state index is -0.731. The average molecular weight is 392 g/mol. The van der Waals surface area contributed by atoms with Gasteiger partial charge in [-0.15, -0.1) is 0 Å². The van der Waals surface area contributed by atoms with Crippen LogP contribution >= 0.6 is 0 Å². The fourth-order valence-corrected chi connectivity index (χ4v) is 2.36. The van der Waals surface area contributed by atoms with E-state index in [1.807, 2.05) is 6.07 Å². The van der Waals surface area contributed by atoms with E-state index in [1.54, 1.807) is 42.7 Å². The quantitative estimate of drug-likeness (QED) is 0.214. The standard InChI is InChI=1S/C20H16N4O5/c1-28-18-11-14(13-22-23-19-7-2-3-10-21-19)8-9-17(18)29-20(25)15-5-4-6-16(12-15)24(26)27/h2-13H,1H3,(H,21,23). The highest BCUT2D eigenvalue weighted by atomic mass is 16.6. The van der Waals surface area contributed by atoms with Crippen molar-refractivity contribution in [3.8, 4) is 11.5 Å². The van der Waals surface area contributed by atoms with Gasteiger partial charge in [0.2, 0.25) is 0 Å². The van der Waals surface area contributed by atoms with E-state index in [0.29, 0.717) is 17.1 Å². The van der Waals surface area contributed by atoms with Crippen LogP contribution in [0.1, 0.15) is 15.9 Å². The van der Waals surface area contributed by atoms with E-state index in [4.69, 9.17) is 9.47 Å². The molecule has 0 saturated heterocycles. The number of rotatable bonds is 7. The van der Waals surface area contributed by atoms with Gasteiger partial charge in [-0.2, -0.15) is 5.10 Å². The highest BCUT2D eigenvalue weighted by molar-refractivity contribution is 5.92. The van der Waals surface area contributed by atoms with Crippen molar-refractivity contribution in [1.29, 1.82) is 0 Å². The summed E-state index contributed by atoms with van der Waals surface area (Å²) in [6.07, 6.45) is 3.20. The molecular formula is C20H16N4O5. The molecule has 1 N–H and O–H groups in total. The number of esters is 1. The van der Waals surface area contributed by atoms with Crippen LogP contribution < -0.4 is 14.9 Å². The molecule has 1 aromatic heterocycles. The van der Waals surface area contributed by atoms with Crippen LogP contribution in [-0.4, -0.2) is 29.2 Å². The average Bonchev–Trinajstić information content (AvgIpc) is 2.75. The molecule has 0 spiro atoms. The van der Waals surface area contributed by atoms with E-state index in [1.165, 1.54) is 25.3 Å². The summed E-state index contributed by atoms with van der Waals surface area (Å²) in [5, 5.41) is 14.9. The molecule has 9 heteroatoms. The molecule has 2 aromatic carbocycles. The monoisotopic (exact) mass is 392 g/mol. The topological polar surface area (TPSA) is 116 Å². The lowest BCUT2D eigenvalue weighted by Gasteiger charge is -2.10. The summed E-state index contributed by atoms with van der Waals surface area (Å²) in [5.74, 6) is 0.355. The molecule has 9 nitrogen and oxygen atoms in total. The molecule has 146 valence electrons. The van der Waals surface area contributed by atoms with E-state index in [0.717, 1.165) is 6.07 Å². The number of nitro benzene ring substituents is 1. The smallest absolute Gasteiger partial charge is 0.343 e. The number of non-ortho nitro benzene ring substituents is 1. The third-order valence-electron chi connectivity index (χ3n) is 3.74. The predicted molar refractivity (Wildman–Crippen MR) is 107 cm³/mol. The van der Waals surface area contributed by atoms with Crippen LogP contribution in [-0.2, 0) is 0 Å². The second kappa shape index (κ2) is 9.09. The van der Waals surface area contributed by atoms with Crippen molar-refractivity contribution in [3.63, 3.8) is 0 Å². The van der Waals surface area contributed by atoms with Crippen LogP contribution in [0, 0.1) is 10.1 Å². The first-order valence-electron chi connectivity index (χ1n) is 8.41. The lowest BCUT2D eigenvalue weighted by atomic mass is 10.2. The molecule has 0 unspecified atom stereocenters. The molecule has 0 atom stereocenters. The van der Waals surface area contributed by atoms with Crippen molar-refractivity contribution in [2.75, 3.05) is 12.5 Å². The highest BCUT2D eigenvalue weighted by Crippen LogP contribution is 2.28. The van der Waals surface area contributed by atoms with Gasteiger partial charge < -0.3 is 9.47 Å². The van der Waals surface area contributed by atoms with E-state index < -0.39 is 10.9 Å². The van der Waals surface area contributed by atoms with E-state index in [-0.39, 0.29) is 17.0 Å². The minimum absolute atomic E-state index is 0.0615. The molecule has 0 aliphatic rings. The zero-order chi connectivity index (χ0) is 20.6. The maximum absolute atomic E-state index is 12.3. The van der Waals surface area contributed by atoms with Gasteiger partial charge in [0.05, 0.1) is 23.8 Å². The van der Waals surface area contributed by atoms with Crippen LogP contribution in [0.15, 0.2) is 72.0 Å². The second-order valence-corrected chi connectivity index (χ2v) is 5.69.